The number of ether oxygens (including phenoxy) is 2. The summed E-state index contributed by atoms with van der Waals surface area (Å²) in [5.41, 5.74) is 0.119. The van der Waals surface area contributed by atoms with Crippen LogP contribution in [0.25, 0.3) is 0 Å². The van der Waals surface area contributed by atoms with E-state index in [2.05, 4.69) is 4.74 Å². The summed E-state index contributed by atoms with van der Waals surface area (Å²) in [6.45, 7) is -1.81. The first-order valence-electron chi connectivity index (χ1n) is 5.05. The smallest absolute Gasteiger partial charge is 0.411 e. The Hall–Kier alpha value is -0.980. The maximum atomic E-state index is 11.8. The van der Waals surface area contributed by atoms with E-state index in [1.807, 2.05) is 0 Å². The zero-order valence-corrected chi connectivity index (χ0v) is 11.0. The molecule has 0 bridgehead atoms. The Morgan fingerprint density at radius 1 is 1.21 bits per heavy atom. The third-order valence-corrected chi connectivity index (χ3v) is 2.40. The van der Waals surface area contributed by atoms with Crippen LogP contribution < -0.4 is 4.74 Å². The molecule has 0 aliphatic rings. The van der Waals surface area contributed by atoms with Crippen molar-refractivity contribution in [3.63, 3.8) is 0 Å². The van der Waals surface area contributed by atoms with Gasteiger partial charge in [-0.15, -0.1) is 0 Å². The highest BCUT2D eigenvalue weighted by molar-refractivity contribution is 6.36. The lowest BCUT2D eigenvalue weighted by molar-refractivity contribution is -0.175. The molecule has 19 heavy (non-hydrogen) atoms. The van der Waals surface area contributed by atoms with Gasteiger partial charge in [0.25, 0.3) is 0 Å². The molecular weight excluding hydrogens is 308 g/mol. The van der Waals surface area contributed by atoms with Crippen LogP contribution >= 0.6 is 23.2 Å². The van der Waals surface area contributed by atoms with Crippen molar-refractivity contribution in [2.24, 2.45) is 0 Å². The molecule has 0 atom stereocenters. The van der Waals surface area contributed by atoms with Crippen molar-refractivity contribution in [1.29, 1.82) is 0 Å². The number of halogens is 5. The number of hydrogen-bond acceptors (Lipinski definition) is 3. The summed E-state index contributed by atoms with van der Waals surface area (Å²) in [4.78, 5) is 10.8. The molecule has 0 aliphatic carbocycles. The van der Waals surface area contributed by atoms with Gasteiger partial charge in [0.2, 0.25) is 0 Å². The monoisotopic (exact) mass is 316 g/mol. The summed E-state index contributed by atoms with van der Waals surface area (Å²) in [5, 5.41) is 0.359. The molecule has 106 valence electrons. The fourth-order valence-corrected chi connectivity index (χ4v) is 1.77. The number of carbonyl (C=O) groups is 1. The quantitative estimate of drug-likeness (QED) is 0.592. The number of hydrogen-bond donors (Lipinski definition) is 0. The number of alkyl halides is 3. The number of benzene rings is 1. The lowest BCUT2D eigenvalue weighted by Gasteiger charge is -2.11. The third-order valence-electron chi connectivity index (χ3n) is 1.90. The molecule has 0 amide bonds. The minimum absolute atomic E-state index is 0.0664. The van der Waals surface area contributed by atoms with Crippen molar-refractivity contribution in [1.82, 2.24) is 0 Å². The molecule has 0 unspecified atom stereocenters. The molecule has 0 aliphatic heterocycles. The van der Waals surface area contributed by atoms with Crippen molar-refractivity contribution in [2.45, 2.75) is 6.18 Å². The molecule has 0 saturated carbocycles. The summed E-state index contributed by atoms with van der Waals surface area (Å²) in [6, 6.07) is 2.70. The van der Waals surface area contributed by atoms with Gasteiger partial charge >= 0.3 is 6.18 Å². The van der Waals surface area contributed by atoms with E-state index in [4.69, 9.17) is 27.9 Å². The second-order valence-electron chi connectivity index (χ2n) is 3.44. The lowest BCUT2D eigenvalue weighted by Crippen LogP contribution is -2.19. The second kappa shape index (κ2) is 6.98. The van der Waals surface area contributed by atoms with Crippen LogP contribution in [-0.4, -0.2) is 32.3 Å². The van der Waals surface area contributed by atoms with Crippen LogP contribution in [0.2, 0.25) is 10.0 Å². The Morgan fingerprint density at radius 3 is 2.47 bits per heavy atom. The highest BCUT2D eigenvalue weighted by atomic mass is 35.5. The molecule has 0 saturated heterocycles. The molecule has 3 nitrogen and oxygen atoms in total. The normalized spacial score (nSPS) is 11.4. The Kier molecular flexibility index (Phi) is 5.90. The molecule has 8 heteroatoms. The highest BCUT2D eigenvalue weighted by Crippen LogP contribution is 2.31. The Balaban J connectivity index is 2.52. The van der Waals surface area contributed by atoms with Gasteiger partial charge in [0.15, 0.2) is 6.29 Å². The average Bonchev–Trinajstić information content (AvgIpc) is 2.29. The third kappa shape index (κ3) is 5.67. The van der Waals surface area contributed by atoms with Crippen LogP contribution in [-0.2, 0) is 4.74 Å². The molecule has 1 rings (SSSR count). The van der Waals surface area contributed by atoms with E-state index in [9.17, 15) is 18.0 Å². The molecule has 0 aromatic heterocycles. The van der Waals surface area contributed by atoms with Crippen LogP contribution in [0.5, 0.6) is 5.75 Å². The fraction of sp³-hybridized carbons (Fsp3) is 0.364. The predicted octanol–water partition coefficient (Wildman–Crippen LogP) is 3.76. The second-order valence-corrected chi connectivity index (χ2v) is 4.28. The van der Waals surface area contributed by atoms with Gasteiger partial charge < -0.3 is 9.47 Å². The minimum atomic E-state index is -4.38. The predicted molar refractivity (Wildman–Crippen MR) is 64.2 cm³/mol. The summed E-state index contributed by atoms with van der Waals surface area (Å²) >= 11 is 11.5. The van der Waals surface area contributed by atoms with Crippen LogP contribution in [0, 0.1) is 0 Å². The van der Waals surface area contributed by atoms with Gasteiger partial charge in [-0.25, -0.2) is 0 Å². The average molecular weight is 317 g/mol. The lowest BCUT2D eigenvalue weighted by atomic mass is 10.2. The van der Waals surface area contributed by atoms with Gasteiger partial charge in [-0.1, -0.05) is 23.2 Å². The molecule has 0 heterocycles. The van der Waals surface area contributed by atoms with Crippen LogP contribution in [0.3, 0.4) is 0 Å². The zero-order valence-electron chi connectivity index (χ0n) is 9.47. The first-order valence-corrected chi connectivity index (χ1v) is 5.80. The Labute approximate surface area is 117 Å². The van der Waals surface area contributed by atoms with E-state index in [1.54, 1.807) is 0 Å². The van der Waals surface area contributed by atoms with E-state index >= 15 is 0 Å². The Bertz CT molecular complexity index is 450. The minimum Gasteiger partial charge on any atom is -0.489 e. The fourth-order valence-electron chi connectivity index (χ4n) is 1.21. The molecule has 1 aromatic carbocycles. The first kappa shape index (κ1) is 16.1. The van der Waals surface area contributed by atoms with E-state index in [0.29, 0.717) is 6.29 Å². The van der Waals surface area contributed by atoms with Crippen molar-refractivity contribution < 1.29 is 27.4 Å². The van der Waals surface area contributed by atoms with Crippen LogP contribution in [0.4, 0.5) is 13.2 Å². The van der Waals surface area contributed by atoms with Gasteiger partial charge in [-0.05, 0) is 12.1 Å². The van der Waals surface area contributed by atoms with Crippen molar-refractivity contribution >= 4 is 29.5 Å². The maximum Gasteiger partial charge on any atom is 0.411 e. The summed E-state index contributed by atoms with van der Waals surface area (Å²) in [5.74, 6) is 0.0664. The molecule has 0 radical (unpaired) electrons. The highest BCUT2D eigenvalue weighted by Gasteiger charge is 2.27. The van der Waals surface area contributed by atoms with Crippen molar-refractivity contribution in [3.8, 4) is 5.75 Å². The van der Waals surface area contributed by atoms with E-state index < -0.39 is 12.8 Å². The van der Waals surface area contributed by atoms with E-state index in [0.717, 1.165) is 0 Å². The van der Waals surface area contributed by atoms with Gasteiger partial charge in [0, 0.05) is 5.02 Å². The van der Waals surface area contributed by atoms with Crippen molar-refractivity contribution in [2.75, 3.05) is 19.8 Å². The SMILES string of the molecule is O=Cc1cc(Cl)cc(Cl)c1OCCOCC(F)(F)F. The number of aldehydes is 1. The number of carbonyl (C=O) groups excluding carboxylic acids is 1. The van der Waals surface area contributed by atoms with Gasteiger partial charge in [0.1, 0.15) is 19.0 Å². The van der Waals surface area contributed by atoms with Crippen molar-refractivity contribution in [3.05, 3.63) is 27.7 Å². The Morgan fingerprint density at radius 2 is 1.89 bits per heavy atom. The standard InChI is InChI=1S/C11H9Cl2F3O3/c12-8-3-7(5-17)10(9(13)4-8)19-2-1-18-6-11(14,15)16/h3-5H,1-2,6H2. The maximum absolute atomic E-state index is 11.8. The van der Waals surface area contributed by atoms with Crippen LogP contribution in [0.1, 0.15) is 10.4 Å². The van der Waals surface area contributed by atoms with Gasteiger partial charge in [-0.3, -0.25) is 4.79 Å². The summed E-state index contributed by atoms with van der Waals surface area (Å²) in [6.07, 6.45) is -3.89. The molecule has 0 fully saturated rings. The molecular formula is C11H9Cl2F3O3. The van der Waals surface area contributed by atoms with E-state index in [-0.39, 0.29) is 34.6 Å². The largest absolute Gasteiger partial charge is 0.489 e. The van der Waals surface area contributed by atoms with E-state index in [1.165, 1.54) is 12.1 Å². The number of rotatable bonds is 6. The molecule has 0 spiro atoms. The zero-order chi connectivity index (χ0) is 14.5. The van der Waals surface area contributed by atoms with Gasteiger partial charge in [0.05, 0.1) is 17.2 Å². The molecule has 1 aromatic rings. The molecule has 0 N–H and O–H groups in total. The van der Waals surface area contributed by atoms with Gasteiger partial charge in [-0.2, -0.15) is 13.2 Å². The summed E-state index contributed by atoms with van der Waals surface area (Å²) < 4.78 is 44.8. The topological polar surface area (TPSA) is 35.5 Å². The summed E-state index contributed by atoms with van der Waals surface area (Å²) in [7, 11) is 0. The van der Waals surface area contributed by atoms with Crippen LogP contribution in [0.15, 0.2) is 12.1 Å². The first-order chi connectivity index (χ1) is 8.83.